The van der Waals surface area contributed by atoms with E-state index in [2.05, 4.69) is 5.32 Å². The van der Waals surface area contributed by atoms with Crippen molar-refractivity contribution in [1.82, 2.24) is 10.2 Å². The molecule has 9 heteroatoms. The molecule has 0 bridgehead atoms. The summed E-state index contributed by atoms with van der Waals surface area (Å²) in [6.07, 6.45) is -1.21. The molecule has 3 aromatic rings. The Hall–Kier alpha value is -4.01. The second kappa shape index (κ2) is 10.3. The van der Waals surface area contributed by atoms with Crippen LogP contribution in [-0.2, 0) is 10.3 Å². The topological polar surface area (TPSA) is 78.9 Å². The van der Waals surface area contributed by atoms with Crippen LogP contribution in [0.1, 0.15) is 36.9 Å². The summed E-state index contributed by atoms with van der Waals surface area (Å²) in [5.74, 6) is -1.75. The number of carbonyl (C=O) groups excluding carboxylic acids is 1. The maximum atomic E-state index is 14.1. The molecule has 2 amide bonds. The number of ether oxygens (including phenoxy) is 1. The van der Waals surface area contributed by atoms with E-state index in [0.29, 0.717) is 24.1 Å². The molecule has 1 saturated heterocycles. The van der Waals surface area contributed by atoms with Crippen molar-refractivity contribution in [3.8, 4) is 11.1 Å². The summed E-state index contributed by atoms with van der Waals surface area (Å²) >= 11 is 0. The van der Waals surface area contributed by atoms with Gasteiger partial charge >= 0.3 is 12.2 Å². The molecule has 36 heavy (non-hydrogen) atoms. The van der Waals surface area contributed by atoms with E-state index in [4.69, 9.17) is 9.84 Å². The predicted molar refractivity (Wildman–Crippen MR) is 127 cm³/mol. The van der Waals surface area contributed by atoms with Gasteiger partial charge in [-0.05, 0) is 47.9 Å². The number of carbonyl (C=O) groups is 2. The van der Waals surface area contributed by atoms with Gasteiger partial charge in [-0.2, -0.15) is 0 Å². The quantitative estimate of drug-likeness (QED) is 0.405. The highest BCUT2D eigenvalue weighted by atomic mass is 19.1. The first-order valence-corrected chi connectivity index (χ1v) is 11.5. The third kappa shape index (κ3) is 5.30. The Morgan fingerprint density at radius 1 is 1.06 bits per heavy atom. The minimum Gasteiger partial charge on any atom is -0.465 e. The van der Waals surface area contributed by atoms with Crippen molar-refractivity contribution in [2.45, 2.75) is 31.4 Å². The van der Waals surface area contributed by atoms with Gasteiger partial charge in [-0.3, -0.25) is 0 Å². The van der Waals surface area contributed by atoms with Gasteiger partial charge in [0.2, 0.25) is 0 Å². The molecule has 1 aliphatic rings. The van der Waals surface area contributed by atoms with Crippen LogP contribution in [0.2, 0.25) is 0 Å². The lowest BCUT2D eigenvalue weighted by molar-refractivity contribution is -0.0648. The maximum absolute atomic E-state index is 14.1. The van der Waals surface area contributed by atoms with Crippen molar-refractivity contribution >= 4 is 12.2 Å². The lowest BCUT2D eigenvalue weighted by Crippen LogP contribution is -2.49. The number of carboxylic acid groups (broad SMARTS) is 1. The van der Waals surface area contributed by atoms with E-state index in [0.717, 1.165) is 11.6 Å². The zero-order chi connectivity index (χ0) is 25.9. The van der Waals surface area contributed by atoms with E-state index in [1.165, 1.54) is 36.4 Å². The molecule has 0 aromatic heterocycles. The minimum atomic E-state index is -1.19. The summed E-state index contributed by atoms with van der Waals surface area (Å²) in [6, 6.07) is 15.6. The van der Waals surface area contributed by atoms with E-state index < -0.39 is 35.2 Å². The highest BCUT2D eigenvalue weighted by Crippen LogP contribution is 2.39. The Kier molecular flexibility index (Phi) is 7.19. The summed E-state index contributed by atoms with van der Waals surface area (Å²) in [5.41, 5.74) is 1.12. The van der Waals surface area contributed by atoms with Gasteiger partial charge in [0.1, 0.15) is 23.1 Å². The minimum absolute atomic E-state index is 0.0525. The van der Waals surface area contributed by atoms with E-state index >= 15 is 0 Å². The van der Waals surface area contributed by atoms with Crippen LogP contribution >= 0.6 is 0 Å². The molecule has 2 N–H and O–H groups in total. The molecule has 0 unspecified atom stereocenters. The van der Waals surface area contributed by atoms with Crippen LogP contribution in [0.25, 0.3) is 11.1 Å². The molecule has 0 radical (unpaired) electrons. The molecule has 0 spiro atoms. The van der Waals surface area contributed by atoms with E-state index in [1.54, 1.807) is 29.2 Å². The van der Waals surface area contributed by atoms with Gasteiger partial charge in [0.25, 0.3) is 0 Å². The number of benzene rings is 3. The monoisotopic (exact) mass is 498 g/mol. The number of cyclic esters (lactones) is 1. The van der Waals surface area contributed by atoms with E-state index in [9.17, 15) is 22.8 Å². The number of nitrogens with one attached hydrogen (secondary N) is 1. The molecule has 2 atom stereocenters. The van der Waals surface area contributed by atoms with Crippen LogP contribution < -0.4 is 5.32 Å². The Bertz CT molecular complexity index is 1250. The van der Waals surface area contributed by atoms with Crippen molar-refractivity contribution in [2.75, 3.05) is 13.1 Å². The fraction of sp³-hybridized carbons (Fsp3) is 0.259. The van der Waals surface area contributed by atoms with E-state index in [1.807, 2.05) is 6.92 Å². The van der Waals surface area contributed by atoms with Crippen molar-refractivity contribution < 1.29 is 32.6 Å². The van der Waals surface area contributed by atoms with Crippen LogP contribution in [-0.4, -0.2) is 35.3 Å². The standard InChI is InChI=1S/C27H25F3N2O4/c1-17(18-2-4-19(5-3-18)23-11-10-22(29)16-24(23)30)32-15-13-27(36-26(32)35,12-14-31-25(33)34)20-6-8-21(28)9-7-20/h2-11,16-17,31H,12-15H2,1H3,(H,33,34)/t17-,27-/m0/s1. The second-order valence-electron chi connectivity index (χ2n) is 8.72. The Labute approximate surface area is 206 Å². The third-order valence-electron chi connectivity index (χ3n) is 6.55. The lowest BCUT2D eigenvalue weighted by atomic mass is 9.85. The Balaban J connectivity index is 1.51. The van der Waals surface area contributed by atoms with E-state index in [-0.39, 0.29) is 24.6 Å². The van der Waals surface area contributed by atoms with Crippen molar-refractivity contribution in [3.63, 3.8) is 0 Å². The molecule has 1 aliphatic heterocycles. The van der Waals surface area contributed by atoms with Gasteiger partial charge in [0.15, 0.2) is 0 Å². The van der Waals surface area contributed by atoms with Crippen LogP contribution in [0.15, 0.2) is 66.7 Å². The largest absolute Gasteiger partial charge is 0.465 e. The molecular weight excluding hydrogens is 473 g/mol. The van der Waals surface area contributed by atoms with Crippen LogP contribution in [0.5, 0.6) is 0 Å². The summed E-state index contributed by atoms with van der Waals surface area (Å²) in [5, 5.41) is 11.2. The van der Waals surface area contributed by atoms with Crippen molar-refractivity contribution in [1.29, 1.82) is 0 Å². The van der Waals surface area contributed by atoms with Gasteiger partial charge in [-0.15, -0.1) is 0 Å². The summed E-state index contributed by atoms with van der Waals surface area (Å²) in [4.78, 5) is 25.6. The van der Waals surface area contributed by atoms with Crippen molar-refractivity contribution in [3.05, 3.63) is 95.3 Å². The van der Waals surface area contributed by atoms with Gasteiger partial charge in [0.05, 0.1) is 6.04 Å². The smallest absolute Gasteiger partial charge is 0.411 e. The third-order valence-corrected chi connectivity index (χ3v) is 6.55. The normalized spacial score (nSPS) is 18.4. The molecule has 3 aromatic carbocycles. The SMILES string of the molecule is C[C@@H](c1ccc(-c2ccc(F)cc2F)cc1)N1CC[C@@](CCNC(=O)O)(c2ccc(F)cc2)OC1=O. The Morgan fingerprint density at radius 2 is 1.72 bits per heavy atom. The van der Waals surface area contributed by atoms with Crippen LogP contribution in [0.4, 0.5) is 22.8 Å². The van der Waals surface area contributed by atoms with Gasteiger partial charge < -0.3 is 20.1 Å². The predicted octanol–water partition coefficient (Wildman–Crippen LogP) is 6.23. The molecule has 1 heterocycles. The molecule has 0 saturated carbocycles. The average molecular weight is 499 g/mol. The zero-order valence-corrected chi connectivity index (χ0v) is 19.5. The van der Waals surface area contributed by atoms with Crippen molar-refractivity contribution in [2.24, 2.45) is 0 Å². The van der Waals surface area contributed by atoms with Crippen LogP contribution in [0.3, 0.4) is 0 Å². The number of rotatable bonds is 7. The first-order valence-electron chi connectivity index (χ1n) is 11.5. The molecule has 4 rings (SSSR count). The van der Waals surface area contributed by atoms with Crippen LogP contribution in [0, 0.1) is 17.5 Å². The summed E-state index contributed by atoms with van der Waals surface area (Å²) in [6.45, 7) is 2.21. The first kappa shape index (κ1) is 25.1. The molecule has 6 nitrogen and oxygen atoms in total. The average Bonchev–Trinajstić information content (AvgIpc) is 2.84. The molecule has 1 fully saturated rings. The number of hydrogen-bond acceptors (Lipinski definition) is 3. The van der Waals surface area contributed by atoms with Gasteiger partial charge in [-0.25, -0.2) is 22.8 Å². The molecule has 188 valence electrons. The zero-order valence-electron chi connectivity index (χ0n) is 19.5. The Morgan fingerprint density at radius 3 is 2.33 bits per heavy atom. The summed E-state index contributed by atoms with van der Waals surface area (Å²) in [7, 11) is 0. The highest BCUT2D eigenvalue weighted by molar-refractivity contribution is 5.71. The lowest BCUT2D eigenvalue weighted by Gasteiger charge is -2.43. The fourth-order valence-electron chi connectivity index (χ4n) is 4.51. The second-order valence-corrected chi connectivity index (χ2v) is 8.72. The van der Waals surface area contributed by atoms with Gasteiger partial charge in [0, 0.05) is 37.6 Å². The maximum Gasteiger partial charge on any atom is 0.411 e. The number of nitrogens with zero attached hydrogens (tertiary/aromatic N) is 1. The molecular formula is C27H25F3N2O4. The number of halogens is 3. The number of amides is 2. The summed E-state index contributed by atoms with van der Waals surface area (Å²) < 4.78 is 46.8. The fourth-order valence-corrected chi connectivity index (χ4v) is 4.51. The first-order chi connectivity index (χ1) is 17.2. The molecule has 0 aliphatic carbocycles. The highest BCUT2D eigenvalue weighted by Gasteiger charge is 2.43. The van der Waals surface area contributed by atoms with Gasteiger partial charge in [-0.1, -0.05) is 36.4 Å². The number of hydrogen-bond donors (Lipinski definition) is 2.